The predicted octanol–water partition coefficient (Wildman–Crippen LogP) is 6.40. The number of nitrogens with zero attached hydrogens (tertiary/aromatic N) is 1. The zero-order valence-corrected chi connectivity index (χ0v) is 20.7. The molecule has 5 nitrogen and oxygen atoms in total. The molecule has 0 spiro atoms. The quantitative estimate of drug-likeness (QED) is 0.191. The number of unbranched alkanes of at least 4 members (excludes halogenated alkanes) is 3. The van der Waals surface area contributed by atoms with Crippen molar-refractivity contribution < 1.29 is 18.7 Å². The molecule has 0 unspecified atom stereocenters. The predicted molar refractivity (Wildman–Crippen MR) is 134 cm³/mol. The molecular weight excluding hydrogens is 458 g/mol. The van der Waals surface area contributed by atoms with E-state index in [2.05, 4.69) is 36.5 Å². The molecule has 0 aliphatic rings. The number of nitrogens with one attached hydrogen (secondary N) is 1. The lowest BCUT2D eigenvalue weighted by molar-refractivity contribution is 0.371. The molecule has 0 saturated carbocycles. The van der Waals surface area contributed by atoms with Crippen molar-refractivity contribution in [2.75, 3.05) is 12.7 Å². The van der Waals surface area contributed by atoms with Crippen LogP contribution in [0.25, 0.3) is 21.7 Å². The van der Waals surface area contributed by atoms with Gasteiger partial charge in [0.1, 0.15) is 0 Å². The lowest BCUT2D eigenvalue weighted by Crippen LogP contribution is -2.16. The van der Waals surface area contributed by atoms with Gasteiger partial charge >= 0.3 is 7.60 Å². The number of hydrogen-bond donors (Lipinski definition) is 3. The molecule has 178 valence electrons. The summed E-state index contributed by atoms with van der Waals surface area (Å²) in [6, 6.07) is 15.7. The fourth-order valence-corrected chi connectivity index (χ4v) is 5.00. The Labute approximate surface area is 199 Å². The van der Waals surface area contributed by atoms with Gasteiger partial charge < -0.3 is 15.1 Å². The first-order chi connectivity index (χ1) is 15.9. The van der Waals surface area contributed by atoms with Crippen molar-refractivity contribution in [3.8, 4) is 21.7 Å². The first-order valence-electron chi connectivity index (χ1n) is 11.5. The van der Waals surface area contributed by atoms with E-state index in [9.17, 15) is 8.96 Å². The average Bonchev–Trinajstić information content (AvgIpc) is 3.22. The van der Waals surface area contributed by atoms with E-state index >= 15 is 0 Å². The van der Waals surface area contributed by atoms with E-state index in [0.717, 1.165) is 45.1 Å². The molecule has 3 rings (SSSR count). The Balaban J connectivity index is 1.73. The van der Waals surface area contributed by atoms with E-state index in [-0.39, 0.29) is 11.3 Å². The second-order valence-electron chi connectivity index (χ2n) is 8.23. The van der Waals surface area contributed by atoms with Gasteiger partial charge in [-0.05, 0) is 55.1 Å². The van der Waals surface area contributed by atoms with E-state index in [0.29, 0.717) is 19.5 Å². The third-order valence-corrected chi connectivity index (χ3v) is 7.23. The van der Waals surface area contributed by atoms with Crippen LogP contribution in [0.4, 0.5) is 4.39 Å². The number of rotatable bonds is 13. The summed E-state index contributed by atoms with van der Waals surface area (Å²) in [4.78, 5) is 23.5. The van der Waals surface area contributed by atoms with Crippen LogP contribution < -0.4 is 5.32 Å². The molecule has 0 aliphatic carbocycles. The third kappa shape index (κ3) is 8.43. The highest BCUT2D eigenvalue weighted by atomic mass is 32.1. The van der Waals surface area contributed by atoms with Gasteiger partial charge in [0.25, 0.3) is 0 Å². The maximum absolute atomic E-state index is 13.8. The monoisotopic (exact) mass is 490 g/mol. The van der Waals surface area contributed by atoms with Crippen molar-refractivity contribution in [2.24, 2.45) is 0 Å². The highest BCUT2D eigenvalue weighted by molar-refractivity contribution is 7.51. The van der Waals surface area contributed by atoms with Crippen LogP contribution in [0.15, 0.2) is 48.5 Å². The van der Waals surface area contributed by atoms with Gasteiger partial charge in [0, 0.05) is 12.1 Å². The summed E-state index contributed by atoms with van der Waals surface area (Å²) in [6.45, 7) is 3.17. The molecule has 0 saturated heterocycles. The summed E-state index contributed by atoms with van der Waals surface area (Å²) in [6.07, 6.45) is 6.28. The van der Waals surface area contributed by atoms with Gasteiger partial charge in [-0.2, -0.15) is 4.39 Å². The zero-order valence-electron chi connectivity index (χ0n) is 19.0. The maximum atomic E-state index is 13.8. The highest BCUT2D eigenvalue weighted by Gasteiger charge is 2.14. The van der Waals surface area contributed by atoms with Crippen LogP contribution >= 0.6 is 18.9 Å². The van der Waals surface area contributed by atoms with E-state index in [1.165, 1.54) is 37.3 Å². The topological polar surface area (TPSA) is 82.5 Å². The van der Waals surface area contributed by atoms with Gasteiger partial charge in [-0.15, -0.1) is 11.3 Å². The molecule has 0 fully saturated rings. The number of aromatic nitrogens is 1. The lowest BCUT2D eigenvalue weighted by atomic mass is 9.99. The van der Waals surface area contributed by atoms with E-state index in [4.69, 9.17) is 14.8 Å². The smallest absolute Gasteiger partial charge is 0.324 e. The molecule has 3 aromatic rings. The second-order valence-corrected chi connectivity index (χ2v) is 11.0. The first-order valence-corrected chi connectivity index (χ1v) is 14.1. The Hall–Kier alpha value is -1.89. The van der Waals surface area contributed by atoms with Crippen LogP contribution in [0.5, 0.6) is 0 Å². The molecular formula is C25H32FN2O3PS. The normalized spacial score (nSPS) is 11.8. The molecule has 33 heavy (non-hydrogen) atoms. The SMILES string of the molecule is CCCCCCc1ccc(-c2ccc(CNCCCP(=O)(O)O)nc2-c2ccc(F)s2)cc1. The minimum atomic E-state index is -3.97. The molecule has 0 radical (unpaired) electrons. The zero-order chi connectivity index (χ0) is 23.7. The molecule has 0 aliphatic heterocycles. The lowest BCUT2D eigenvalue weighted by Gasteiger charge is -2.12. The van der Waals surface area contributed by atoms with Gasteiger partial charge in [-0.3, -0.25) is 4.57 Å². The number of pyridine rings is 1. The Kier molecular flexibility index (Phi) is 9.78. The number of thiophene rings is 1. The molecule has 1 aromatic carbocycles. The molecule has 0 atom stereocenters. The summed E-state index contributed by atoms with van der Waals surface area (Å²) < 4.78 is 24.7. The van der Waals surface area contributed by atoms with Crippen LogP contribution in [-0.4, -0.2) is 27.5 Å². The summed E-state index contributed by atoms with van der Waals surface area (Å²) >= 11 is 1.08. The van der Waals surface area contributed by atoms with Crippen LogP contribution in [0.2, 0.25) is 0 Å². The number of aryl methyl sites for hydroxylation is 1. The van der Waals surface area contributed by atoms with E-state index in [1.54, 1.807) is 6.07 Å². The van der Waals surface area contributed by atoms with Gasteiger partial charge in [-0.1, -0.05) is 56.5 Å². The summed E-state index contributed by atoms with van der Waals surface area (Å²) in [5, 5.41) is 2.93. The number of hydrogen-bond acceptors (Lipinski definition) is 4. The van der Waals surface area contributed by atoms with E-state index in [1.807, 2.05) is 12.1 Å². The summed E-state index contributed by atoms with van der Waals surface area (Å²) in [5.41, 5.74) is 4.87. The van der Waals surface area contributed by atoms with Crippen molar-refractivity contribution in [2.45, 2.75) is 52.0 Å². The fourth-order valence-electron chi connectivity index (χ4n) is 3.69. The molecule has 0 amide bonds. The standard InChI is InChI=1S/C25H32FN2O3PS/c1-2-3-4-5-7-19-8-10-20(11-9-19)22-13-12-21(18-27-16-6-17-32(29,30)31)28-25(22)23-14-15-24(26)33-23/h8-15,27H,2-7,16-18H2,1H3,(H2,29,30,31). The summed E-state index contributed by atoms with van der Waals surface area (Å²) in [7, 11) is -3.97. The Morgan fingerprint density at radius 2 is 1.79 bits per heavy atom. The fraction of sp³-hybridized carbons (Fsp3) is 0.400. The summed E-state index contributed by atoms with van der Waals surface area (Å²) in [5.74, 6) is 0. The van der Waals surface area contributed by atoms with E-state index < -0.39 is 7.60 Å². The average molecular weight is 491 g/mol. The minimum absolute atomic E-state index is 0.138. The molecule has 0 bridgehead atoms. The van der Waals surface area contributed by atoms with Gasteiger partial charge in [0.05, 0.1) is 22.4 Å². The van der Waals surface area contributed by atoms with Crippen LogP contribution in [-0.2, 0) is 17.5 Å². The van der Waals surface area contributed by atoms with Gasteiger partial charge in [0.2, 0.25) is 0 Å². The van der Waals surface area contributed by atoms with Crippen LogP contribution in [0.1, 0.15) is 50.3 Å². The Bertz CT molecular complexity index is 1070. The van der Waals surface area contributed by atoms with Crippen molar-refractivity contribution in [1.29, 1.82) is 0 Å². The second kappa shape index (κ2) is 12.5. The molecule has 8 heteroatoms. The van der Waals surface area contributed by atoms with Crippen molar-refractivity contribution in [3.63, 3.8) is 0 Å². The maximum Gasteiger partial charge on any atom is 0.325 e. The number of benzene rings is 1. The van der Waals surface area contributed by atoms with Crippen molar-refractivity contribution in [3.05, 3.63) is 64.9 Å². The van der Waals surface area contributed by atoms with Crippen molar-refractivity contribution in [1.82, 2.24) is 10.3 Å². The van der Waals surface area contributed by atoms with Gasteiger partial charge in [-0.25, -0.2) is 4.98 Å². The third-order valence-electron chi connectivity index (χ3n) is 5.45. The Morgan fingerprint density at radius 3 is 2.45 bits per heavy atom. The first kappa shape index (κ1) is 25.7. The van der Waals surface area contributed by atoms with Crippen molar-refractivity contribution >= 4 is 18.9 Å². The molecule has 2 aromatic heterocycles. The Morgan fingerprint density at radius 1 is 1.00 bits per heavy atom. The van der Waals surface area contributed by atoms with Crippen LogP contribution in [0, 0.1) is 5.13 Å². The molecule has 2 heterocycles. The number of halogens is 1. The highest BCUT2D eigenvalue weighted by Crippen LogP contribution is 2.35. The minimum Gasteiger partial charge on any atom is -0.324 e. The molecule has 3 N–H and O–H groups in total. The van der Waals surface area contributed by atoms with Crippen LogP contribution in [0.3, 0.4) is 0 Å². The largest absolute Gasteiger partial charge is 0.325 e. The van der Waals surface area contributed by atoms with Gasteiger partial charge in [0.15, 0.2) is 5.13 Å².